The number of hydrogen-bond acceptors (Lipinski definition) is 4. The van der Waals surface area contributed by atoms with Crippen LogP contribution < -0.4 is 4.72 Å². The van der Waals surface area contributed by atoms with Gasteiger partial charge in [-0.1, -0.05) is 0 Å². The van der Waals surface area contributed by atoms with E-state index in [1.807, 2.05) is 29.0 Å². The summed E-state index contributed by atoms with van der Waals surface area (Å²) in [5.41, 5.74) is 0.924. The summed E-state index contributed by atoms with van der Waals surface area (Å²) in [5, 5.41) is 1.09. The van der Waals surface area contributed by atoms with Gasteiger partial charge in [0.15, 0.2) is 0 Å². The molecule has 5 nitrogen and oxygen atoms in total. The first-order valence-electron chi connectivity index (χ1n) is 6.71. The second-order valence-corrected chi connectivity index (χ2v) is 9.19. The fraction of sp³-hybridized carbons (Fsp3) is 0.214. The smallest absolute Gasteiger partial charge is 0.250 e. The molecular weight excluding hydrogens is 386 g/mol. The van der Waals surface area contributed by atoms with Gasteiger partial charge in [-0.25, -0.2) is 18.1 Å². The molecule has 0 unspecified atom stereocenters. The molecular formula is C14H14BrN3O2S2. The molecule has 0 aromatic carbocycles. The second kappa shape index (κ2) is 6.49. The Balaban J connectivity index is 1.58. The zero-order valence-corrected chi connectivity index (χ0v) is 14.8. The van der Waals surface area contributed by atoms with Gasteiger partial charge in [0, 0.05) is 30.9 Å². The second-order valence-electron chi connectivity index (χ2n) is 4.74. The number of fused-ring (bicyclic) bond motifs is 1. The van der Waals surface area contributed by atoms with Crippen molar-refractivity contribution in [3.8, 4) is 0 Å². The summed E-state index contributed by atoms with van der Waals surface area (Å²) in [4.78, 5) is 4.34. The number of thiophene rings is 1. The van der Waals surface area contributed by atoms with Gasteiger partial charge in [-0.05, 0) is 52.7 Å². The molecule has 0 bridgehead atoms. The van der Waals surface area contributed by atoms with Crippen LogP contribution in [0.25, 0.3) is 11.0 Å². The summed E-state index contributed by atoms with van der Waals surface area (Å²) >= 11 is 4.47. The van der Waals surface area contributed by atoms with Crippen LogP contribution in [-0.4, -0.2) is 24.5 Å². The summed E-state index contributed by atoms with van der Waals surface area (Å²) in [5.74, 6) is 0. The minimum Gasteiger partial charge on any atom is -0.332 e. The zero-order valence-electron chi connectivity index (χ0n) is 11.6. The highest BCUT2D eigenvalue weighted by Crippen LogP contribution is 2.25. The quantitative estimate of drug-likeness (QED) is 0.647. The van der Waals surface area contributed by atoms with Crippen LogP contribution in [0.15, 0.2) is 50.7 Å². The van der Waals surface area contributed by atoms with Crippen molar-refractivity contribution in [2.45, 2.75) is 17.2 Å². The van der Waals surface area contributed by atoms with Crippen molar-refractivity contribution in [2.75, 3.05) is 6.54 Å². The van der Waals surface area contributed by atoms with Crippen LogP contribution in [0.3, 0.4) is 0 Å². The summed E-state index contributed by atoms with van der Waals surface area (Å²) < 4.78 is 29.9. The van der Waals surface area contributed by atoms with E-state index < -0.39 is 10.0 Å². The lowest BCUT2D eigenvalue weighted by molar-refractivity contribution is 0.573. The number of halogens is 1. The van der Waals surface area contributed by atoms with E-state index >= 15 is 0 Å². The molecule has 0 fully saturated rings. The predicted octanol–water partition coefficient (Wildman–Crippen LogP) is 3.23. The number of nitrogens with one attached hydrogen (secondary N) is 1. The van der Waals surface area contributed by atoms with Crippen molar-refractivity contribution in [1.82, 2.24) is 14.3 Å². The number of nitrogens with zero attached hydrogens (tertiary/aromatic N) is 2. The molecule has 3 rings (SSSR count). The van der Waals surface area contributed by atoms with E-state index in [9.17, 15) is 8.42 Å². The molecule has 0 spiro atoms. The molecule has 0 amide bonds. The largest absolute Gasteiger partial charge is 0.332 e. The lowest BCUT2D eigenvalue weighted by Crippen LogP contribution is -2.24. The number of hydrogen-bond donors (Lipinski definition) is 1. The molecule has 0 aliphatic rings. The lowest BCUT2D eigenvalue weighted by Gasteiger charge is -2.06. The van der Waals surface area contributed by atoms with Crippen LogP contribution in [0.2, 0.25) is 0 Å². The van der Waals surface area contributed by atoms with Crippen molar-refractivity contribution < 1.29 is 8.42 Å². The molecule has 1 N–H and O–H groups in total. The van der Waals surface area contributed by atoms with Crippen LogP contribution in [-0.2, 0) is 16.6 Å². The average molecular weight is 400 g/mol. The summed E-state index contributed by atoms with van der Waals surface area (Å²) in [6, 6.07) is 9.25. The standard InChI is InChI=1S/C14H14BrN3O2S2/c15-12-4-5-13(21-12)22(19,20)17-8-2-9-18-10-6-11-3-1-7-16-14(11)18/h1,3-7,10,17H,2,8-9H2. The maximum absolute atomic E-state index is 12.1. The summed E-state index contributed by atoms with van der Waals surface area (Å²) in [6.07, 6.45) is 4.44. The van der Waals surface area contributed by atoms with Crippen LogP contribution in [0.1, 0.15) is 6.42 Å². The highest BCUT2D eigenvalue weighted by molar-refractivity contribution is 9.11. The van der Waals surface area contributed by atoms with Crippen LogP contribution in [0.5, 0.6) is 0 Å². The van der Waals surface area contributed by atoms with Crippen molar-refractivity contribution >= 4 is 48.3 Å². The van der Waals surface area contributed by atoms with Crippen molar-refractivity contribution in [1.29, 1.82) is 0 Å². The van der Waals surface area contributed by atoms with E-state index in [2.05, 4.69) is 25.6 Å². The van der Waals surface area contributed by atoms with Gasteiger partial charge in [0.25, 0.3) is 0 Å². The Hall–Kier alpha value is -1.22. The third-order valence-corrected chi connectivity index (χ3v) is 6.78. The normalized spacial score (nSPS) is 12.0. The van der Waals surface area contributed by atoms with Gasteiger partial charge in [0.1, 0.15) is 9.86 Å². The monoisotopic (exact) mass is 399 g/mol. The number of rotatable bonds is 6. The summed E-state index contributed by atoms with van der Waals surface area (Å²) in [6.45, 7) is 1.11. The van der Waals surface area contributed by atoms with Gasteiger partial charge in [-0.15, -0.1) is 11.3 Å². The molecule has 22 heavy (non-hydrogen) atoms. The lowest BCUT2D eigenvalue weighted by atomic mass is 10.3. The number of pyridine rings is 1. The van der Waals surface area contributed by atoms with Gasteiger partial charge >= 0.3 is 0 Å². The van der Waals surface area contributed by atoms with E-state index in [-0.39, 0.29) is 0 Å². The third kappa shape index (κ3) is 3.40. The van der Waals surface area contributed by atoms with Gasteiger partial charge in [0.2, 0.25) is 10.0 Å². The molecule has 3 heterocycles. The topological polar surface area (TPSA) is 64.0 Å². The Morgan fingerprint density at radius 1 is 1.27 bits per heavy atom. The highest BCUT2D eigenvalue weighted by Gasteiger charge is 2.15. The van der Waals surface area contributed by atoms with Crippen LogP contribution in [0.4, 0.5) is 0 Å². The first kappa shape index (κ1) is 15.7. The minimum atomic E-state index is -3.41. The Bertz CT molecular complexity index is 886. The fourth-order valence-corrected chi connectivity index (χ4v) is 5.30. The Kier molecular flexibility index (Phi) is 4.62. The van der Waals surface area contributed by atoms with Gasteiger partial charge in [-0.3, -0.25) is 0 Å². The van der Waals surface area contributed by atoms with Crippen molar-refractivity contribution in [3.05, 3.63) is 46.5 Å². The van der Waals surface area contributed by atoms with E-state index in [0.29, 0.717) is 17.2 Å². The maximum atomic E-state index is 12.1. The molecule has 0 radical (unpaired) electrons. The Morgan fingerprint density at radius 3 is 2.91 bits per heavy atom. The third-order valence-electron chi connectivity index (χ3n) is 3.20. The molecule has 0 saturated carbocycles. The predicted molar refractivity (Wildman–Crippen MR) is 91.6 cm³/mol. The molecule has 0 aliphatic heterocycles. The SMILES string of the molecule is O=S(=O)(NCCCn1ccc2cccnc21)c1ccc(Br)s1. The van der Waals surface area contributed by atoms with Gasteiger partial charge in [-0.2, -0.15) is 0 Å². The van der Waals surface area contributed by atoms with E-state index in [4.69, 9.17) is 0 Å². The van der Waals surface area contributed by atoms with Crippen LogP contribution in [0, 0.1) is 0 Å². The molecule has 116 valence electrons. The average Bonchev–Trinajstić information content (AvgIpc) is 3.11. The molecule has 0 atom stereocenters. The number of aromatic nitrogens is 2. The maximum Gasteiger partial charge on any atom is 0.250 e. The number of sulfonamides is 1. The fourth-order valence-electron chi connectivity index (χ4n) is 2.17. The van der Waals surface area contributed by atoms with Gasteiger partial charge in [0.05, 0.1) is 3.79 Å². The van der Waals surface area contributed by atoms with Crippen LogP contribution >= 0.6 is 27.3 Å². The first-order valence-corrected chi connectivity index (χ1v) is 9.80. The van der Waals surface area contributed by atoms with E-state index in [0.717, 1.165) is 21.4 Å². The van der Waals surface area contributed by atoms with Crippen molar-refractivity contribution in [2.24, 2.45) is 0 Å². The minimum absolute atomic E-state index is 0.326. The van der Waals surface area contributed by atoms with E-state index in [1.165, 1.54) is 11.3 Å². The molecule has 3 aromatic rings. The molecule has 0 saturated heterocycles. The number of aryl methyl sites for hydroxylation is 1. The highest BCUT2D eigenvalue weighted by atomic mass is 79.9. The van der Waals surface area contributed by atoms with Crippen molar-refractivity contribution in [3.63, 3.8) is 0 Å². The van der Waals surface area contributed by atoms with E-state index in [1.54, 1.807) is 18.3 Å². The Morgan fingerprint density at radius 2 is 2.14 bits per heavy atom. The summed E-state index contributed by atoms with van der Waals surface area (Å²) in [7, 11) is -3.41. The molecule has 3 aromatic heterocycles. The zero-order chi connectivity index (χ0) is 15.6. The first-order chi connectivity index (χ1) is 10.6. The van der Waals surface area contributed by atoms with Gasteiger partial charge < -0.3 is 4.57 Å². The Labute approximate surface area is 141 Å². The molecule has 0 aliphatic carbocycles. The molecule has 8 heteroatoms.